The molecule has 0 radical (unpaired) electrons. The van der Waals surface area contributed by atoms with Crippen molar-refractivity contribution in [3.05, 3.63) is 66.6 Å². The van der Waals surface area contributed by atoms with Gasteiger partial charge in [0.15, 0.2) is 0 Å². The molecule has 1 aromatic carbocycles. The van der Waals surface area contributed by atoms with Crippen molar-refractivity contribution in [2.45, 2.75) is 11.8 Å². The van der Waals surface area contributed by atoms with Crippen LogP contribution in [0.15, 0.2) is 66.0 Å². The van der Waals surface area contributed by atoms with Crippen molar-refractivity contribution in [1.82, 2.24) is 9.55 Å². The fourth-order valence-corrected chi connectivity index (χ4v) is 3.38. The first-order valence-corrected chi connectivity index (χ1v) is 8.75. The van der Waals surface area contributed by atoms with Gasteiger partial charge in [0.2, 0.25) is 5.88 Å². The third-order valence-electron chi connectivity index (χ3n) is 3.59. The highest BCUT2D eigenvalue weighted by atomic mass is 32.2. The van der Waals surface area contributed by atoms with Gasteiger partial charge in [-0.15, -0.1) is 0 Å². The molecule has 124 valence electrons. The molecule has 0 atom stereocenters. The number of nitrogens with zero attached hydrogens (tertiary/aromatic N) is 2. The Morgan fingerprint density at radius 1 is 1.12 bits per heavy atom. The van der Waals surface area contributed by atoms with Crippen LogP contribution in [-0.4, -0.2) is 25.1 Å². The molecule has 0 aliphatic heterocycles. The van der Waals surface area contributed by atoms with Gasteiger partial charge in [-0.25, -0.2) is 13.4 Å². The Labute approximate surface area is 140 Å². The SMILES string of the molecule is COc1cc(S(=O)(=O)Nc2cc(-n3cccc3)ccc2C)ccn1. The van der Waals surface area contributed by atoms with E-state index in [-0.39, 0.29) is 10.8 Å². The minimum absolute atomic E-state index is 0.0973. The van der Waals surface area contributed by atoms with Crippen LogP contribution >= 0.6 is 0 Å². The van der Waals surface area contributed by atoms with Crippen LogP contribution < -0.4 is 9.46 Å². The second-order valence-electron chi connectivity index (χ2n) is 5.23. The zero-order valence-electron chi connectivity index (χ0n) is 13.3. The van der Waals surface area contributed by atoms with E-state index in [1.165, 1.54) is 25.4 Å². The number of rotatable bonds is 5. The normalized spacial score (nSPS) is 11.2. The summed E-state index contributed by atoms with van der Waals surface area (Å²) in [6.07, 6.45) is 5.20. The number of hydrogen-bond acceptors (Lipinski definition) is 4. The first-order valence-electron chi connectivity index (χ1n) is 7.26. The highest BCUT2D eigenvalue weighted by Gasteiger charge is 2.17. The molecule has 7 heteroatoms. The summed E-state index contributed by atoms with van der Waals surface area (Å²) in [5.41, 5.74) is 2.23. The fraction of sp³-hybridized carbons (Fsp3) is 0.118. The van der Waals surface area contributed by atoms with Crippen molar-refractivity contribution in [2.75, 3.05) is 11.8 Å². The molecule has 6 nitrogen and oxygen atoms in total. The van der Waals surface area contributed by atoms with Crippen LogP contribution in [0.25, 0.3) is 5.69 Å². The number of ether oxygens (including phenoxy) is 1. The van der Waals surface area contributed by atoms with Gasteiger partial charge < -0.3 is 9.30 Å². The van der Waals surface area contributed by atoms with E-state index in [1.807, 2.05) is 48.1 Å². The van der Waals surface area contributed by atoms with Gasteiger partial charge in [0.25, 0.3) is 10.0 Å². The summed E-state index contributed by atoms with van der Waals surface area (Å²) in [6.45, 7) is 1.85. The Bertz CT molecular complexity index is 951. The minimum atomic E-state index is -3.73. The van der Waals surface area contributed by atoms with E-state index in [1.54, 1.807) is 6.07 Å². The van der Waals surface area contributed by atoms with Crippen molar-refractivity contribution in [1.29, 1.82) is 0 Å². The average molecular weight is 343 g/mol. The van der Waals surface area contributed by atoms with E-state index in [0.29, 0.717) is 5.69 Å². The number of methoxy groups -OCH3 is 1. The summed E-state index contributed by atoms with van der Waals surface area (Å²) < 4.78 is 34.8. The monoisotopic (exact) mass is 343 g/mol. The van der Waals surface area contributed by atoms with E-state index in [9.17, 15) is 8.42 Å². The highest BCUT2D eigenvalue weighted by molar-refractivity contribution is 7.92. The molecule has 24 heavy (non-hydrogen) atoms. The van der Waals surface area contributed by atoms with E-state index in [4.69, 9.17) is 4.74 Å². The van der Waals surface area contributed by atoms with Gasteiger partial charge in [0.05, 0.1) is 17.7 Å². The Morgan fingerprint density at radius 3 is 2.58 bits per heavy atom. The van der Waals surface area contributed by atoms with E-state index in [0.717, 1.165) is 11.3 Å². The highest BCUT2D eigenvalue weighted by Crippen LogP contribution is 2.24. The molecule has 2 aromatic heterocycles. The lowest BCUT2D eigenvalue weighted by atomic mass is 10.2. The lowest BCUT2D eigenvalue weighted by molar-refractivity contribution is 0.396. The van der Waals surface area contributed by atoms with Gasteiger partial charge in [0.1, 0.15) is 0 Å². The predicted molar refractivity (Wildman–Crippen MR) is 92.1 cm³/mol. The van der Waals surface area contributed by atoms with Crippen LogP contribution in [0, 0.1) is 6.92 Å². The van der Waals surface area contributed by atoms with Crippen LogP contribution in [0.3, 0.4) is 0 Å². The first-order chi connectivity index (χ1) is 11.5. The van der Waals surface area contributed by atoms with Gasteiger partial charge in [-0.1, -0.05) is 6.07 Å². The molecule has 3 aromatic rings. The number of aromatic nitrogens is 2. The van der Waals surface area contributed by atoms with E-state index < -0.39 is 10.0 Å². The van der Waals surface area contributed by atoms with Crippen molar-refractivity contribution < 1.29 is 13.2 Å². The fourth-order valence-electron chi connectivity index (χ4n) is 2.26. The maximum absolute atomic E-state index is 12.6. The molecule has 0 aliphatic rings. The minimum Gasteiger partial charge on any atom is -0.481 e. The maximum Gasteiger partial charge on any atom is 0.262 e. The molecule has 0 saturated heterocycles. The average Bonchev–Trinajstić information content (AvgIpc) is 3.11. The summed E-state index contributed by atoms with van der Waals surface area (Å²) in [6, 6.07) is 12.2. The van der Waals surface area contributed by atoms with Crippen LogP contribution in [-0.2, 0) is 10.0 Å². The summed E-state index contributed by atoms with van der Waals surface area (Å²) in [5.74, 6) is 0.246. The van der Waals surface area contributed by atoms with Crippen LogP contribution in [0.4, 0.5) is 5.69 Å². The third kappa shape index (κ3) is 3.26. The van der Waals surface area contributed by atoms with Crippen molar-refractivity contribution in [3.63, 3.8) is 0 Å². The standard InChI is InChI=1S/C17H17N3O3S/c1-13-5-6-14(20-9-3-4-10-20)11-16(13)19-24(21,22)15-7-8-18-17(12-15)23-2/h3-12,19H,1-2H3. The molecule has 2 heterocycles. The second kappa shape index (κ2) is 6.37. The lowest BCUT2D eigenvalue weighted by Gasteiger charge is -2.13. The molecule has 0 fully saturated rings. The largest absolute Gasteiger partial charge is 0.481 e. The molecule has 1 N–H and O–H groups in total. The molecule has 3 rings (SSSR count). The van der Waals surface area contributed by atoms with Gasteiger partial charge in [0, 0.05) is 30.3 Å². The number of aryl methyl sites for hydroxylation is 1. The quantitative estimate of drug-likeness (QED) is 0.773. The van der Waals surface area contributed by atoms with Crippen molar-refractivity contribution in [2.24, 2.45) is 0 Å². The Balaban J connectivity index is 1.96. The van der Waals surface area contributed by atoms with Gasteiger partial charge in [-0.05, 0) is 42.8 Å². The predicted octanol–water partition coefficient (Wildman–Crippen LogP) is 2.99. The second-order valence-corrected chi connectivity index (χ2v) is 6.91. The Kier molecular flexibility index (Phi) is 4.26. The molecule has 0 spiro atoms. The number of anilines is 1. The summed E-state index contributed by atoms with van der Waals surface area (Å²) in [4.78, 5) is 4.02. The van der Waals surface area contributed by atoms with Gasteiger partial charge >= 0.3 is 0 Å². The summed E-state index contributed by atoms with van der Waals surface area (Å²) >= 11 is 0. The topological polar surface area (TPSA) is 73.2 Å². The van der Waals surface area contributed by atoms with Crippen LogP contribution in [0.5, 0.6) is 5.88 Å². The number of hydrogen-bond donors (Lipinski definition) is 1. The van der Waals surface area contributed by atoms with Crippen molar-refractivity contribution in [3.8, 4) is 11.6 Å². The molecule has 0 amide bonds. The van der Waals surface area contributed by atoms with Gasteiger partial charge in [-0.3, -0.25) is 4.72 Å². The van der Waals surface area contributed by atoms with Crippen molar-refractivity contribution >= 4 is 15.7 Å². The van der Waals surface area contributed by atoms with E-state index in [2.05, 4.69) is 9.71 Å². The van der Waals surface area contributed by atoms with Crippen LogP contribution in [0.1, 0.15) is 5.56 Å². The Hall–Kier alpha value is -2.80. The molecular weight excluding hydrogens is 326 g/mol. The zero-order chi connectivity index (χ0) is 17.2. The summed E-state index contributed by atoms with van der Waals surface area (Å²) in [7, 11) is -2.29. The lowest BCUT2D eigenvalue weighted by Crippen LogP contribution is -2.14. The number of benzene rings is 1. The number of pyridine rings is 1. The smallest absolute Gasteiger partial charge is 0.262 e. The van der Waals surface area contributed by atoms with E-state index >= 15 is 0 Å². The molecule has 0 bridgehead atoms. The molecular formula is C17H17N3O3S. The Morgan fingerprint density at radius 2 is 1.88 bits per heavy atom. The molecule has 0 aliphatic carbocycles. The maximum atomic E-state index is 12.6. The summed E-state index contributed by atoms with van der Waals surface area (Å²) in [5, 5.41) is 0. The number of nitrogens with one attached hydrogen (secondary N) is 1. The van der Waals surface area contributed by atoms with Crippen LogP contribution in [0.2, 0.25) is 0 Å². The molecule has 0 unspecified atom stereocenters. The third-order valence-corrected chi connectivity index (χ3v) is 4.96. The first kappa shape index (κ1) is 16.1. The van der Waals surface area contributed by atoms with Gasteiger partial charge in [-0.2, -0.15) is 0 Å². The zero-order valence-corrected chi connectivity index (χ0v) is 14.1. The molecule has 0 saturated carbocycles. The number of sulfonamides is 1.